The average Bonchev–Trinajstić information content (AvgIpc) is 2.91. The van der Waals surface area contributed by atoms with Gasteiger partial charge >= 0.3 is 213 Å². The predicted molar refractivity (Wildman–Crippen MR) is 141 cm³/mol. The zero-order chi connectivity index (χ0) is 24.5. The van der Waals surface area contributed by atoms with E-state index in [0.717, 1.165) is 0 Å². The molecule has 5 aromatic carbocycles. The maximum atomic E-state index is 6.70. The van der Waals surface area contributed by atoms with Crippen LogP contribution in [0.1, 0.15) is 0 Å². The Balaban J connectivity index is 1.76. The van der Waals surface area contributed by atoms with Crippen LogP contribution >= 0.6 is 0 Å². The van der Waals surface area contributed by atoms with Crippen molar-refractivity contribution < 1.29 is 18.6 Å². The first kappa shape index (κ1) is 23.4. The van der Waals surface area contributed by atoms with Crippen LogP contribution in [0.3, 0.4) is 0 Å². The van der Waals surface area contributed by atoms with E-state index in [1.807, 2.05) is 152 Å². The molecule has 0 aliphatic rings. The van der Waals surface area contributed by atoms with Crippen molar-refractivity contribution in [1.82, 2.24) is 0 Å². The van der Waals surface area contributed by atoms with Crippen molar-refractivity contribution in [2.45, 2.75) is 0 Å². The Morgan fingerprint density at radius 2 is 0.417 bits per heavy atom. The quantitative estimate of drug-likeness (QED) is 0.175. The Labute approximate surface area is 212 Å². The summed E-state index contributed by atoms with van der Waals surface area (Å²) < 4.78 is 33.5. The van der Waals surface area contributed by atoms with Gasteiger partial charge in [-0.25, -0.2) is 0 Å². The molecule has 0 aliphatic heterocycles. The molecule has 5 nitrogen and oxygen atoms in total. The molecule has 0 N–H and O–H groups in total. The monoisotopic (exact) mass is 540 g/mol. The fourth-order valence-electron chi connectivity index (χ4n) is 3.45. The summed E-state index contributed by atoms with van der Waals surface area (Å²) in [5.74, 6) is 2.37. The van der Waals surface area contributed by atoms with E-state index < -0.39 is 14.2 Å². The van der Waals surface area contributed by atoms with Crippen LogP contribution < -0.4 is 18.6 Å². The zero-order valence-electron chi connectivity index (χ0n) is 19.4. The third-order valence-corrected chi connectivity index (χ3v) is 10.3. The van der Waals surface area contributed by atoms with Crippen molar-refractivity contribution >= 4 is 14.2 Å². The summed E-state index contributed by atoms with van der Waals surface area (Å²) in [6.45, 7) is 0. The molecule has 0 fully saturated rings. The van der Waals surface area contributed by atoms with Crippen molar-refractivity contribution in [3.8, 4) is 28.7 Å². The molecule has 0 radical (unpaired) electrons. The summed E-state index contributed by atoms with van der Waals surface area (Å²) in [6, 6.07) is 46.3. The minimum atomic E-state index is -5.84. The van der Waals surface area contributed by atoms with Crippen LogP contribution in [0.4, 0.5) is 0 Å². The van der Waals surface area contributed by atoms with Gasteiger partial charge in [0.15, 0.2) is 0 Å². The molecule has 180 valence electrons. The summed E-state index contributed by atoms with van der Waals surface area (Å²) in [5.41, 5.74) is 0. The van der Waals surface area contributed by atoms with E-state index in [9.17, 15) is 0 Å². The third-order valence-electron chi connectivity index (χ3n) is 4.99. The Bertz CT molecular complexity index is 1090. The van der Waals surface area contributed by atoms with Crippen LogP contribution in [0.2, 0.25) is 0 Å². The van der Waals surface area contributed by atoms with Crippen molar-refractivity contribution in [3.05, 3.63) is 152 Å². The van der Waals surface area contributed by atoms with Crippen molar-refractivity contribution in [2.75, 3.05) is 0 Å². The Morgan fingerprint density at radius 1 is 0.250 bits per heavy atom. The maximum absolute atomic E-state index is 6.70. The van der Waals surface area contributed by atoms with Crippen molar-refractivity contribution in [1.29, 1.82) is 0 Å². The fourth-order valence-corrected chi connectivity index (χ4v) is 9.12. The van der Waals surface area contributed by atoms with Crippen LogP contribution in [0.15, 0.2) is 152 Å². The van der Waals surface area contributed by atoms with E-state index in [2.05, 4.69) is 0 Å². The molecule has 0 saturated heterocycles. The molecular formula is C30H25AsO5. The van der Waals surface area contributed by atoms with Crippen LogP contribution in [-0.4, -0.2) is 14.2 Å². The molecule has 0 aromatic heterocycles. The molecular weight excluding hydrogens is 515 g/mol. The zero-order valence-corrected chi connectivity index (χ0v) is 21.3. The Kier molecular flexibility index (Phi) is 6.83. The van der Waals surface area contributed by atoms with Gasteiger partial charge in [0.05, 0.1) is 0 Å². The van der Waals surface area contributed by atoms with Crippen molar-refractivity contribution in [3.63, 3.8) is 0 Å². The van der Waals surface area contributed by atoms with Gasteiger partial charge in [0, 0.05) is 0 Å². The molecule has 5 aromatic rings. The van der Waals surface area contributed by atoms with Gasteiger partial charge in [0.1, 0.15) is 0 Å². The molecule has 0 aliphatic carbocycles. The summed E-state index contributed by atoms with van der Waals surface area (Å²) in [6.07, 6.45) is 0. The molecule has 0 spiro atoms. The van der Waals surface area contributed by atoms with E-state index in [4.69, 9.17) is 18.6 Å². The Morgan fingerprint density at radius 3 is 0.583 bits per heavy atom. The summed E-state index contributed by atoms with van der Waals surface area (Å²) in [4.78, 5) is 0. The van der Waals surface area contributed by atoms with Gasteiger partial charge in [-0.05, 0) is 0 Å². The van der Waals surface area contributed by atoms with Crippen molar-refractivity contribution in [2.24, 2.45) is 0 Å². The number of hydrogen-bond donors (Lipinski definition) is 0. The second kappa shape index (κ2) is 10.5. The van der Waals surface area contributed by atoms with E-state index in [1.165, 1.54) is 0 Å². The standard InChI is InChI=1S/C30H25AsO5/c1-6-16-26(17-7-1)32-31(33-27-18-8-2-9-19-27,34-28-20-10-3-11-21-28,35-29-22-12-4-13-23-29)36-30-24-14-5-15-25-30/h1-25H. The molecule has 0 unspecified atom stereocenters. The first-order valence-electron chi connectivity index (χ1n) is 11.5. The molecule has 0 atom stereocenters. The van der Waals surface area contributed by atoms with E-state index >= 15 is 0 Å². The average molecular weight is 540 g/mol. The molecule has 0 bridgehead atoms. The van der Waals surface area contributed by atoms with Gasteiger partial charge in [0.25, 0.3) is 0 Å². The molecule has 36 heavy (non-hydrogen) atoms. The van der Waals surface area contributed by atoms with Crippen LogP contribution in [-0.2, 0) is 0 Å². The van der Waals surface area contributed by atoms with Crippen LogP contribution in [0.5, 0.6) is 28.7 Å². The summed E-state index contributed by atoms with van der Waals surface area (Å²) in [5, 5.41) is 0. The number of benzene rings is 5. The van der Waals surface area contributed by atoms with E-state index in [-0.39, 0.29) is 0 Å². The fraction of sp³-hybridized carbons (Fsp3) is 0. The van der Waals surface area contributed by atoms with Crippen LogP contribution in [0.25, 0.3) is 0 Å². The second-order valence-electron chi connectivity index (χ2n) is 7.77. The number of rotatable bonds is 10. The number of para-hydroxylation sites is 5. The van der Waals surface area contributed by atoms with E-state index in [1.54, 1.807) is 0 Å². The SMILES string of the molecule is c1ccc(O[As](Oc2ccccc2)(Oc2ccccc2)(Oc2ccccc2)Oc2ccccc2)cc1. The number of hydrogen-bond acceptors (Lipinski definition) is 5. The first-order chi connectivity index (χ1) is 17.7. The van der Waals surface area contributed by atoms with Gasteiger partial charge in [-0.15, -0.1) is 0 Å². The predicted octanol–water partition coefficient (Wildman–Crippen LogP) is 7.27. The molecule has 0 amide bonds. The molecule has 0 saturated carbocycles. The third kappa shape index (κ3) is 5.65. The normalized spacial score (nSPS) is 11.9. The summed E-state index contributed by atoms with van der Waals surface area (Å²) in [7, 11) is 0. The van der Waals surface area contributed by atoms with Gasteiger partial charge in [-0.1, -0.05) is 0 Å². The minimum absolute atomic E-state index is 0.474. The van der Waals surface area contributed by atoms with Crippen LogP contribution in [0, 0.1) is 0 Å². The van der Waals surface area contributed by atoms with Gasteiger partial charge in [-0.3, -0.25) is 0 Å². The second-order valence-corrected chi connectivity index (χ2v) is 12.8. The van der Waals surface area contributed by atoms with Gasteiger partial charge < -0.3 is 0 Å². The molecule has 0 heterocycles. The van der Waals surface area contributed by atoms with E-state index in [0.29, 0.717) is 28.7 Å². The topological polar surface area (TPSA) is 46.2 Å². The Hall–Kier alpha value is -4.34. The van der Waals surface area contributed by atoms with Gasteiger partial charge in [0.2, 0.25) is 0 Å². The molecule has 5 rings (SSSR count). The van der Waals surface area contributed by atoms with Gasteiger partial charge in [-0.2, -0.15) is 0 Å². The summed E-state index contributed by atoms with van der Waals surface area (Å²) >= 11 is -5.84. The first-order valence-corrected chi connectivity index (χ1v) is 15.3. The molecule has 6 heteroatoms.